The number of rotatable bonds is 4. The zero-order valence-electron chi connectivity index (χ0n) is 11.3. The number of ether oxygens (including phenoxy) is 1. The Labute approximate surface area is 112 Å². The van der Waals surface area contributed by atoms with Crippen LogP contribution < -0.4 is 5.32 Å². The molecule has 2 rings (SSSR count). The molecule has 2 heterocycles. The molecule has 1 aliphatic heterocycles. The van der Waals surface area contributed by atoms with Crippen molar-refractivity contribution < 1.29 is 9.66 Å². The predicted molar refractivity (Wildman–Crippen MR) is 71.0 cm³/mol. The SMILES string of the molecule is Cc1cnc(CNC2CCCOC2)c(C)c1[N+](=O)[O-]. The Hall–Kier alpha value is -1.53. The number of aryl methyl sites for hydroxylation is 1. The van der Waals surface area contributed by atoms with E-state index in [0.29, 0.717) is 30.3 Å². The first-order valence-electron chi connectivity index (χ1n) is 6.50. The molecule has 0 amide bonds. The summed E-state index contributed by atoms with van der Waals surface area (Å²) in [5.41, 5.74) is 2.16. The van der Waals surface area contributed by atoms with Crippen molar-refractivity contribution in [3.8, 4) is 0 Å². The van der Waals surface area contributed by atoms with Gasteiger partial charge in [0, 0.05) is 36.5 Å². The molecule has 1 aliphatic rings. The molecule has 0 aromatic carbocycles. The van der Waals surface area contributed by atoms with Gasteiger partial charge in [0.15, 0.2) is 0 Å². The maximum atomic E-state index is 11.0. The highest BCUT2D eigenvalue weighted by Crippen LogP contribution is 2.24. The van der Waals surface area contributed by atoms with Crippen LogP contribution in [-0.4, -0.2) is 29.2 Å². The van der Waals surface area contributed by atoms with Crippen molar-refractivity contribution in [1.29, 1.82) is 0 Å². The Morgan fingerprint density at radius 2 is 2.37 bits per heavy atom. The van der Waals surface area contributed by atoms with Crippen LogP contribution in [0.4, 0.5) is 5.69 Å². The molecular weight excluding hydrogens is 246 g/mol. The third-order valence-corrected chi connectivity index (χ3v) is 3.48. The summed E-state index contributed by atoms with van der Waals surface area (Å²) in [6.45, 7) is 5.54. The number of hydrogen-bond donors (Lipinski definition) is 1. The Kier molecular flexibility index (Phi) is 4.44. The van der Waals surface area contributed by atoms with Gasteiger partial charge >= 0.3 is 0 Å². The van der Waals surface area contributed by atoms with Crippen LogP contribution in [0.25, 0.3) is 0 Å². The van der Waals surface area contributed by atoms with E-state index in [4.69, 9.17) is 4.74 Å². The minimum atomic E-state index is -0.334. The largest absolute Gasteiger partial charge is 0.380 e. The molecule has 6 heteroatoms. The molecule has 104 valence electrons. The molecule has 0 aliphatic carbocycles. The zero-order chi connectivity index (χ0) is 13.8. The van der Waals surface area contributed by atoms with Crippen LogP contribution in [0.2, 0.25) is 0 Å². The van der Waals surface area contributed by atoms with E-state index in [-0.39, 0.29) is 10.6 Å². The van der Waals surface area contributed by atoms with Gasteiger partial charge in [0.25, 0.3) is 5.69 Å². The molecule has 1 unspecified atom stereocenters. The van der Waals surface area contributed by atoms with Gasteiger partial charge in [0.05, 0.1) is 17.2 Å². The summed E-state index contributed by atoms with van der Waals surface area (Å²) in [5, 5.41) is 14.4. The van der Waals surface area contributed by atoms with E-state index in [1.54, 1.807) is 20.0 Å². The quantitative estimate of drug-likeness (QED) is 0.664. The second-order valence-corrected chi connectivity index (χ2v) is 4.91. The second-order valence-electron chi connectivity index (χ2n) is 4.91. The lowest BCUT2D eigenvalue weighted by molar-refractivity contribution is -0.386. The van der Waals surface area contributed by atoms with E-state index >= 15 is 0 Å². The van der Waals surface area contributed by atoms with Gasteiger partial charge in [-0.05, 0) is 26.7 Å². The monoisotopic (exact) mass is 265 g/mol. The number of nitro groups is 1. The molecule has 0 saturated carbocycles. The topological polar surface area (TPSA) is 77.3 Å². The standard InChI is InChI=1S/C13H19N3O3/c1-9-6-15-12(10(2)13(9)16(17)18)7-14-11-4-3-5-19-8-11/h6,11,14H,3-5,7-8H2,1-2H3. The molecule has 0 radical (unpaired) electrons. The van der Waals surface area contributed by atoms with Crippen molar-refractivity contribution in [1.82, 2.24) is 10.3 Å². The van der Waals surface area contributed by atoms with Crippen molar-refractivity contribution in [3.63, 3.8) is 0 Å². The van der Waals surface area contributed by atoms with E-state index in [9.17, 15) is 10.1 Å². The predicted octanol–water partition coefficient (Wildman–Crippen LogP) is 1.88. The van der Waals surface area contributed by atoms with E-state index in [1.165, 1.54) is 0 Å². The number of aromatic nitrogens is 1. The average Bonchev–Trinajstić information content (AvgIpc) is 2.38. The maximum Gasteiger partial charge on any atom is 0.278 e. The summed E-state index contributed by atoms with van der Waals surface area (Å²) in [4.78, 5) is 15.0. The first-order valence-corrected chi connectivity index (χ1v) is 6.50. The van der Waals surface area contributed by atoms with Gasteiger partial charge in [-0.15, -0.1) is 0 Å². The van der Waals surface area contributed by atoms with Gasteiger partial charge in [0.1, 0.15) is 0 Å². The van der Waals surface area contributed by atoms with Gasteiger partial charge in [0.2, 0.25) is 0 Å². The molecule has 1 aromatic rings. The minimum Gasteiger partial charge on any atom is -0.380 e. The Balaban J connectivity index is 2.08. The lowest BCUT2D eigenvalue weighted by Crippen LogP contribution is -2.36. The van der Waals surface area contributed by atoms with Gasteiger partial charge in [-0.2, -0.15) is 0 Å². The smallest absolute Gasteiger partial charge is 0.278 e. The van der Waals surface area contributed by atoms with Crippen LogP contribution in [0, 0.1) is 24.0 Å². The third-order valence-electron chi connectivity index (χ3n) is 3.48. The van der Waals surface area contributed by atoms with Gasteiger partial charge in [-0.3, -0.25) is 15.1 Å². The lowest BCUT2D eigenvalue weighted by Gasteiger charge is -2.23. The molecule has 1 fully saturated rings. The molecule has 1 aromatic heterocycles. The Morgan fingerprint density at radius 3 is 3.00 bits per heavy atom. The summed E-state index contributed by atoms with van der Waals surface area (Å²) in [6.07, 6.45) is 3.70. The summed E-state index contributed by atoms with van der Waals surface area (Å²) in [5.74, 6) is 0. The van der Waals surface area contributed by atoms with Crippen molar-refractivity contribution in [2.75, 3.05) is 13.2 Å². The summed E-state index contributed by atoms with van der Waals surface area (Å²) >= 11 is 0. The van der Waals surface area contributed by atoms with Crippen molar-refractivity contribution in [2.24, 2.45) is 0 Å². The highest BCUT2D eigenvalue weighted by Gasteiger charge is 2.19. The highest BCUT2D eigenvalue weighted by molar-refractivity contribution is 5.47. The van der Waals surface area contributed by atoms with Gasteiger partial charge in [-0.25, -0.2) is 0 Å². The fraction of sp³-hybridized carbons (Fsp3) is 0.615. The van der Waals surface area contributed by atoms with Crippen molar-refractivity contribution >= 4 is 5.69 Å². The molecular formula is C13H19N3O3. The molecule has 1 saturated heterocycles. The van der Waals surface area contributed by atoms with Crippen LogP contribution >= 0.6 is 0 Å². The normalized spacial score (nSPS) is 19.4. The summed E-state index contributed by atoms with van der Waals surface area (Å²) in [7, 11) is 0. The molecule has 1 N–H and O–H groups in total. The molecule has 6 nitrogen and oxygen atoms in total. The number of pyridine rings is 1. The van der Waals surface area contributed by atoms with Crippen LogP contribution in [0.15, 0.2) is 6.20 Å². The number of nitrogens with one attached hydrogen (secondary N) is 1. The summed E-state index contributed by atoms with van der Waals surface area (Å²) < 4.78 is 5.39. The van der Waals surface area contributed by atoms with Gasteiger partial charge < -0.3 is 10.1 Å². The fourth-order valence-corrected chi connectivity index (χ4v) is 2.37. The van der Waals surface area contributed by atoms with Crippen LogP contribution in [0.3, 0.4) is 0 Å². The van der Waals surface area contributed by atoms with E-state index < -0.39 is 0 Å². The third kappa shape index (κ3) is 3.27. The fourth-order valence-electron chi connectivity index (χ4n) is 2.37. The highest BCUT2D eigenvalue weighted by atomic mass is 16.6. The number of hydrogen-bond acceptors (Lipinski definition) is 5. The molecule has 0 spiro atoms. The zero-order valence-corrected chi connectivity index (χ0v) is 11.3. The van der Waals surface area contributed by atoms with E-state index in [1.807, 2.05) is 0 Å². The van der Waals surface area contributed by atoms with Crippen LogP contribution in [-0.2, 0) is 11.3 Å². The Morgan fingerprint density at radius 1 is 1.58 bits per heavy atom. The van der Waals surface area contributed by atoms with E-state index in [2.05, 4.69) is 10.3 Å². The molecule has 19 heavy (non-hydrogen) atoms. The van der Waals surface area contributed by atoms with Crippen LogP contribution in [0.5, 0.6) is 0 Å². The van der Waals surface area contributed by atoms with Crippen LogP contribution in [0.1, 0.15) is 29.7 Å². The van der Waals surface area contributed by atoms with Gasteiger partial charge in [-0.1, -0.05) is 0 Å². The number of nitrogens with zero attached hydrogens (tertiary/aromatic N) is 2. The lowest BCUT2D eigenvalue weighted by atomic mass is 10.1. The second kappa shape index (κ2) is 6.08. The summed E-state index contributed by atoms with van der Waals surface area (Å²) in [6, 6.07) is 0.315. The average molecular weight is 265 g/mol. The first kappa shape index (κ1) is 13.9. The first-order chi connectivity index (χ1) is 9.09. The molecule has 1 atom stereocenters. The maximum absolute atomic E-state index is 11.0. The Bertz CT molecular complexity index is 470. The van der Waals surface area contributed by atoms with Crippen molar-refractivity contribution in [3.05, 3.63) is 33.1 Å². The van der Waals surface area contributed by atoms with E-state index in [0.717, 1.165) is 25.1 Å². The minimum absolute atomic E-state index is 0.173. The van der Waals surface area contributed by atoms with Crippen molar-refractivity contribution in [2.45, 2.75) is 39.3 Å². The molecule has 0 bridgehead atoms.